The number of hydrogen-bond acceptors (Lipinski definition) is 25. The molecular weight excluding hydrogens is 1390 g/mol. The summed E-state index contributed by atoms with van der Waals surface area (Å²) in [6.07, 6.45) is -8.84. The minimum absolute atomic E-state index is 0.0673. The molecule has 28 nitrogen and oxygen atoms in total. The average Bonchev–Trinajstić information content (AvgIpc) is 1.62. The monoisotopic (exact) mass is 1470 g/mol. The van der Waals surface area contributed by atoms with E-state index in [4.69, 9.17) is 80.0 Å². The number of nitrogens with zero attached hydrogens (tertiary/aromatic N) is 3. The van der Waals surface area contributed by atoms with Crippen molar-refractivity contribution in [3.8, 4) is 17.2 Å². The van der Waals surface area contributed by atoms with Crippen molar-refractivity contribution >= 4 is 92.3 Å². The van der Waals surface area contributed by atoms with E-state index >= 15 is 0 Å². The van der Waals surface area contributed by atoms with Crippen molar-refractivity contribution in [1.29, 1.82) is 0 Å². The zero-order valence-electron chi connectivity index (χ0n) is 56.3. The number of hydrogen-bond donors (Lipinski definition) is 9. The zero-order chi connectivity index (χ0) is 72.8. The molecule has 30 heteroatoms. The van der Waals surface area contributed by atoms with Crippen LogP contribution in [0.15, 0.2) is 109 Å². The summed E-state index contributed by atoms with van der Waals surface area (Å²) in [5.41, 5.74) is 3.91. The maximum atomic E-state index is 14.6. The van der Waals surface area contributed by atoms with E-state index < -0.39 is 92.3 Å². The predicted molar refractivity (Wildman–Crippen MR) is 376 cm³/mol. The minimum Gasteiger partial charge on any atom is -0.491 e. The summed E-state index contributed by atoms with van der Waals surface area (Å²) in [6, 6.07) is 27.7. The number of ether oxygens (including phenoxy) is 12. The molecular formula is C73H86Cl2N4O24. The van der Waals surface area contributed by atoms with E-state index in [1.807, 2.05) is 24.3 Å². The molecule has 5 aromatic carbocycles. The predicted octanol–water partition coefficient (Wildman–Crippen LogP) is 3.25. The molecule has 4 aliphatic heterocycles. The quantitative estimate of drug-likeness (QED) is 0.0116. The molecule has 9 N–H and O–H groups in total. The van der Waals surface area contributed by atoms with Gasteiger partial charge in [0.1, 0.15) is 84.1 Å². The van der Waals surface area contributed by atoms with Gasteiger partial charge in [-0.3, -0.25) is 19.2 Å². The minimum atomic E-state index is -1.70. The van der Waals surface area contributed by atoms with Gasteiger partial charge in [-0.05, 0) is 57.8 Å². The molecule has 4 aliphatic rings. The summed E-state index contributed by atoms with van der Waals surface area (Å²) >= 11 is 13.2. The molecule has 0 unspecified atom stereocenters. The first-order valence-electron chi connectivity index (χ1n) is 33.8. The van der Waals surface area contributed by atoms with Gasteiger partial charge in [0.2, 0.25) is 12.6 Å². The van der Waals surface area contributed by atoms with Crippen LogP contribution in [0.5, 0.6) is 17.2 Å². The van der Waals surface area contributed by atoms with Crippen LogP contribution >= 0.6 is 23.2 Å². The molecule has 6 aromatic rings. The van der Waals surface area contributed by atoms with E-state index in [1.54, 1.807) is 82.6 Å². The second-order valence-corrected chi connectivity index (χ2v) is 25.0. The number of aliphatic hydroxyl groups is 8. The lowest BCUT2D eigenvalue weighted by atomic mass is 9.95. The SMILES string of the molecule is O=Cc1cccc(C(=O)NCCOCCOCCOCCOCCOCCOCCOCCOc2cc(/C=C/C(=O)N3C[C@@H](CCl)c4c3cc(O[C@@H]3O[C@H](CO)[C@H](O)[C@H](O)[C@H]3O)c3ccccc43)ccc2/C=C/C(=O)N2C[C@@H](CCl)c3c2cc(O[C@@H]2O[C@H](CO)[C@H](O)[C@H](O)[C@H]2O)c2ccccc32)n1. The van der Waals surface area contributed by atoms with Crippen molar-refractivity contribution in [3.63, 3.8) is 0 Å². The molecule has 1 aromatic heterocycles. The van der Waals surface area contributed by atoms with Gasteiger partial charge < -0.3 is 113 Å². The number of benzene rings is 5. The highest BCUT2D eigenvalue weighted by Gasteiger charge is 2.47. The third-order valence-electron chi connectivity index (χ3n) is 17.6. The number of nitrogens with one attached hydrogen (secondary N) is 1. The van der Waals surface area contributed by atoms with Crippen molar-refractivity contribution in [2.75, 3.05) is 154 Å². The molecule has 0 spiro atoms. The van der Waals surface area contributed by atoms with Crippen molar-refractivity contribution in [2.45, 2.75) is 73.2 Å². The van der Waals surface area contributed by atoms with Crippen molar-refractivity contribution in [1.82, 2.24) is 10.3 Å². The second kappa shape index (κ2) is 39.1. The number of anilines is 2. The van der Waals surface area contributed by atoms with Crippen LogP contribution in [0.4, 0.5) is 11.4 Å². The van der Waals surface area contributed by atoms with Crippen LogP contribution in [0.25, 0.3) is 33.7 Å². The lowest BCUT2D eigenvalue weighted by Crippen LogP contribution is -2.60. The van der Waals surface area contributed by atoms with E-state index in [0.29, 0.717) is 117 Å². The fraction of sp³-hybridized carbons (Fsp3) is 0.466. The van der Waals surface area contributed by atoms with Gasteiger partial charge in [-0.2, -0.15) is 0 Å². The van der Waals surface area contributed by atoms with Crippen LogP contribution in [0.2, 0.25) is 0 Å². The van der Waals surface area contributed by atoms with E-state index in [0.717, 1.165) is 16.5 Å². The van der Waals surface area contributed by atoms with Gasteiger partial charge in [-0.15, -0.1) is 23.2 Å². The Bertz CT molecular complexity index is 3850. The number of carbonyl (C=O) groups is 4. The Balaban J connectivity index is 0.726. The molecule has 0 bridgehead atoms. The number of amides is 3. The molecule has 2 fully saturated rings. The number of pyridine rings is 1. The van der Waals surface area contributed by atoms with Crippen molar-refractivity contribution < 1.29 is 117 Å². The van der Waals surface area contributed by atoms with Crippen molar-refractivity contribution in [3.05, 3.63) is 143 Å². The number of aldehydes is 1. The first-order chi connectivity index (χ1) is 50.2. The van der Waals surface area contributed by atoms with E-state index in [2.05, 4.69) is 10.3 Å². The molecule has 0 aliphatic carbocycles. The molecule has 5 heterocycles. The second-order valence-electron chi connectivity index (χ2n) is 24.4. The third-order valence-corrected chi connectivity index (χ3v) is 18.3. The molecule has 0 radical (unpaired) electrons. The first-order valence-corrected chi connectivity index (χ1v) is 34.9. The Morgan fingerprint density at radius 2 is 0.942 bits per heavy atom. The number of fused-ring (bicyclic) bond motifs is 6. The van der Waals surface area contributed by atoms with Gasteiger partial charge in [0, 0.05) is 83.9 Å². The largest absolute Gasteiger partial charge is 0.491 e. The molecule has 556 valence electrons. The standard InChI is InChI=1S/C73H86Cl2N4O24/c74-37-46-39-78(54-35-57(49-7-1-3-9-51(49)63(46)54)100-72-69(89)67(87)65(85)59(42-81)102-72)61(83)16-13-44-12-14-45(15-17-62(84)79-40-47(38-75)64-52-10-4-2-8-50(52)58(36-55(64)79)101-73-70(90)68(88)66(86)60(43-82)103-73)56(34-44)99-33-32-98-31-30-97-29-28-96-27-26-95-25-24-94-23-22-93-21-20-92-19-18-76-71(91)53-11-5-6-48(41-80)77-53/h1-17,34-36,41,46-47,59-60,65-70,72-73,81-82,85-90H,18-33,37-40,42-43H2,(H,76,91)/b16-13+,17-15+/t46-,47-,59-,60-,65+,66+,67+,68+,69-,70-,72-,73-/m1/s1. The molecule has 10 rings (SSSR count). The number of aromatic nitrogens is 1. The summed E-state index contributed by atoms with van der Waals surface area (Å²) in [5, 5.41) is 89.0. The number of carbonyl (C=O) groups excluding carboxylic acids is 4. The van der Waals surface area contributed by atoms with Crippen LogP contribution < -0.4 is 29.3 Å². The zero-order valence-corrected chi connectivity index (χ0v) is 57.8. The number of rotatable bonds is 39. The fourth-order valence-corrected chi connectivity index (χ4v) is 12.8. The highest BCUT2D eigenvalue weighted by Crippen LogP contribution is 2.48. The molecule has 12 atom stereocenters. The fourth-order valence-electron chi connectivity index (χ4n) is 12.3. The number of alkyl halides is 2. The van der Waals surface area contributed by atoms with Gasteiger partial charge in [-0.1, -0.05) is 66.7 Å². The summed E-state index contributed by atoms with van der Waals surface area (Å²) in [4.78, 5) is 59.1. The van der Waals surface area contributed by atoms with Crippen LogP contribution in [0.1, 0.15) is 55.1 Å². The molecule has 2 saturated heterocycles. The summed E-state index contributed by atoms with van der Waals surface area (Å²) in [7, 11) is 0. The van der Waals surface area contributed by atoms with Crippen molar-refractivity contribution in [2.24, 2.45) is 0 Å². The van der Waals surface area contributed by atoms with Crippen LogP contribution in [0, 0.1) is 0 Å². The Hall–Kier alpha value is -7.37. The van der Waals surface area contributed by atoms with E-state index in [1.165, 1.54) is 24.3 Å². The Kier molecular flexibility index (Phi) is 29.7. The van der Waals surface area contributed by atoms with Gasteiger partial charge in [0.05, 0.1) is 117 Å². The Morgan fingerprint density at radius 1 is 0.505 bits per heavy atom. The Morgan fingerprint density at radius 3 is 1.39 bits per heavy atom. The van der Waals surface area contributed by atoms with Gasteiger partial charge in [0.25, 0.3) is 17.7 Å². The topological polar surface area (TPSA) is 372 Å². The lowest BCUT2D eigenvalue weighted by molar-refractivity contribution is -0.277. The van der Waals surface area contributed by atoms with E-state index in [9.17, 15) is 60.0 Å². The highest BCUT2D eigenvalue weighted by atomic mass is 35.5. The normalized spacial score (nSPS) is 23.2. The molecule has 0 saturated carbocycles. The number of aliphatic hydroxyl groups excluding tert-OH is 8. The number of halogens is 2. The first kappa shape index (κ1) is 78.2. The summed E-state index contributed by atoms with van der Waals surface area (Å²) < 4.78 is 69.5. The van der Waals surface area contributed by atoms with Gasteiger partial charge in [-0.25, -0.2) is 4.98 Å². The Labute approximate surface area is 603 Å². The summed E-state index contributed by atoms with van der Waals surface area (Å²) in [5.74, 6) is -0.776. The van der Waals surface area contributed by atoms with Crippen LogP contribution in [-0.4, -0.2) is 275 Å². The molecule has 3 amide bonds. The average molecular weight is 1470 g/mol. The maximum absolute atomic E-state index is 14.6. The van der Waals surface area contributed by atoms with Crippen LogP contribution in [-0.2, 0) is 52.2 Å². The van der Waals surface area contributed by atoms with Gasteiger partial charge >= 0.3 is 0 Å². The van der Waals surface area contributed by atoms with Gasteiger partial charge in [0.15, 0.2) is 6.29 Å². The summed E-state index contributed by atoms with van der Waals surface area (Å²) in [6.45, 7) is 3.94. The van der Waals surface area contributed by atoms with Crippen LogP contribution in [0.3, 0.4) is 0 Å². The highest BCUT2D eigenvalue weighted by molar-refractivity contribution is 6.20. The maximum Gasteiger partial charge on any atom is 0.269 e. The molecule has 103 heavy (non-hydrogen) atoms. The van der Waals surface area contributed by atoms with E-state index in [-0.39, 0.29) is 99.2 Å². The third kappa shape index (κ3) is 20.0. The lowest BCUT2D eigenvalue weighted by Gasteiger charge is -2.39. The smallest absolute Gasteiger partial charge is 0.269 e.